The van der Waals surface area contributed by atoms with E-state index in [4.69, 9.17) is 22.1 Å². The summed E-state index contributed by atoms with van der Waals surface area (Å²) in [5, 5.41) is 2.98. The fourth-order valence-corrected chi connectivity index (χ4v) is 1.93. The first kappa shape index (κ1) is 14.1. The molecule has 2 aromatic rings. The molecule has 0 bridgehead atoms. The minimum atomic E-state index is -0.502. The number of amides is 1. The van der Waals surface area contributed by atoms with Crippen molar-refractivity contribution in [2.24, 2.45) is 0 Å². The summed E-state index contributed by atoms with van der Waals surface area (Å²) >= 11 is 5.84. The summed E-state index contributed by atoms with van der Waals surface area (Å²) in [6.45, 7) is 0. The Balaban J connectivity index is 2.23. The highest BCUT2D eigenvalue weighted by molar-refractivity contribution is 6.31. The SMILES string of the molecule is COc1cc(NC(=O)c2cc(N)cc(Cl)c2)ccc1F. The number of carbonyl (C=O) groups is 1. The molecule has 0 aromatic heterocycles. The molecule has 20 heavy (non-hydrogen) atoms. The van der Waals surface area contributed by atoms with Gasteiger partial charge in [0.05, 0.1) is 7.11 Å². The topological polar surface area (TPSA) is 64.3 Å². The normalized spacial score (nSPS) is 10.2. The highest BCUT2D eigenvalue weighted by atomic mass is 35.5. The van der Waals surface area contributed by atoms with Crippen molar-refractivity contribution in [2.45, 2.75) is 0 Å². The first-order valence-electron chi connectivity index (χ1n) is 5.70. The van der Waals surface area contributed by atoms with E-state index in [0.717, 1.165) is 0 Å². The lowest BCUT2D eigenvalue weighted by Crippen LogP contribution is -2.12. The van der Waals surface area contributed by atoms with Crippen molar-refractivity contribution >= 4 is 28.9 Å². The molecule has 1 amide bonds. The molecule has 0 fully saturated rings. The van der Waals surface area contributed by atoms with Crippen molar-refractivity contribution in [2.75, 3.05) is 18.2 Å². The highest BCUT2D eigenvalue weighted by Crippen LogP contribution is 2.23. The molecule has 0 aliphatic heterocycles. The van der Waals surface area contributed by atoms with Crippen LogP contribution in [0.15, 0.2) is 36.4 Å². The zero-order valence-electron chi connectivity index (χ0n) is 10.6. The predicted molar refractivity (Wildman–Crippen MR) is 76.8 cm³/mol. The zero-order chi connectivity index (χ0) is 14.7. The third-order valence-corrected chi connectivity index (χ3v) is 2.81. The molecular formula is C14H12ClFN2O2. The lowest BCUT2D eigenvalue weighted by Gasteiger charge is -2.08. The molecule has 0 saturated carbocycles. The van der Waals surface area contributed by atoms with Crippen molar-refractivity contribution in [1.82, 2.24) is 0 Å². The number of ether oxygens (including phenoxy) is 1. The van der Waals surface area contributed by atoms with Crippen molar-refractivity contribution < 1.29 is 13.9 Å². The lowest BCUT2D eigenvalue weighted by molar-refractivity contribution is 0.102. The Kier molecular flexibility index (Phi) is 4.10. The van der Waals surface area contributed by atoms with E-state index in [2.05, 4.69) is 5.32 Å². The van der Waals surface area contributed by atoms with Gasteiger partial charge in [0.2, 0.25) is 0 Å². The third kappa shape index (κ3) is 3.19. The van der Waals surface area contributed by atoms with E-state index in [1.54, 1.807) is 6.07 Å². The maximum Gasteiger partial charge on any atom is 0.255 e. The van der Waals surface area contributed by atoms with Crippen LogP contribution in [0.5, 0.6) is 5.75 Å². The molecule has 0 aliphatic rings. The number of hydrogen-bond acceptors (Lipinski definition) is 3. The van der Waals surface area contributed by atoms with Gasteiger partial charge in [0.25, 0.3) is 5.91 Å². The second-order valence-electron chi connectivity index (χ2n) is 4.08. The van der Waals surface area contributed by atoms with Crippen molar-refractivity contribution in [3.05, 3.63) is 52.8 Å². The van der Waals surface area contributed by atoms with Crippen LogP contribution < -0.4 is 15.8 Å². The molecule has 0 atom stereocenters. The number of nitrogens with two attached hydrogens (primary N) is 1. The lowest BCUT2D eigenvalue weighted by atomic mass is 10.2. The average molecular weight is 295 g/mol. The van der Waals surface area contributed by atoms with Crippen molar-refractivity contribution in [1.29, 1.82) is 0 Å². The molecule has 104 valence electrons. The van der Waals surface area contributed by atoms with E-state index in [1.807, 2.05) is 0 Å². The Morgan fingerprint density at radius 2 is 2.05 bits per heavy atom. The summed E-state index contributed by atoms with van der Waals surface area (Å²) in [6.07, 6.45) is 0. The molecule has 0 radical (unpaired) electrons. The van der Waals surface area contributed by atoms with Gasteiger partial charge in [-0.15, -0.1) is 0 Å². The van der Waals surface area contributed by atoms with E-state index in [0.29, 0.717) is 22.0 Å². The maximum atomic E-state index is 13.3. The van der Waals surface area contributed by atoms with Crippen molar-refractivity contribution in [3.8, 4) is 5.75 Å². The van der Waals surface area contributed by atoms with Crippen LogP contribution in [0.25, 0.3) is 0 Å². The molecule has 2 rings (SSSR count). The second-order valence-corrected chi connectivity index (χ2v) is 4.51. The number of carbonyl (C=O) groups excluding carboxylic acids is 1. The van der Waals surface area contributed by atoms with Crippen LogP contribution in [0.2, 0.25) is 5.02 Å². The van der Waals surface area contributed by atoms with Crippen LogP contribution in [0.3, 0.4) is 0 Å². The number of nitrogen functional groups attached to an aromatic ring is 1. The van der Waals surface area contributed by atoms with Crippen LogP contribution in [0.1, 0.15) is 10.4 Å². The largest absolute Gasteiger partial charge is 0.494 e. The van der Waals surface area contributed by atoms with E-state index >= 15 is 0 Å². The molecule has 0 unspecified atom stereocenters. The number of methoxy groups -OCH3 is 1. The standard InChI is InChI=1S/C14H12ClFN2O2/c1-20-13-7-11(2-3-12(13)16)18-14(19)8-4-9(15)6-10(17)5-8/h2-7H,17H2,1H3,(H,18,19). The van der Waals surface area contributed by atoms with Gasteiger partial charge in [0.15, 0.2) is 11.6 Å². The van der Waals surface area contributed by atoms with Crippen LogP contribution in [-0.4, -0.2) is 13.0 Å². The van der Waals surface area contributed by atoms with Crippen LogP contribution >= 0.6 is 11.6 Å². The second kappa shape index (κ2) is 5.79. The maximum absolute atomic E-state index is 13.3. The number of rotatable bonds is 3. The van der Waals surface area contributed by atoms with Gasteiger partial charge in [-0.25, -0.2) is 4.39 Å². The molecule has 0 saturated heterocycles. The molecule has 0 heterocycles. The fraction of sp³-hybridized carbons (Fsp3) is 0.0714. The third-order valence-electron chi connectivity index (χ3n) is 2.59. The van der Waals surface area contributed by atoms with Crippen LogP contribution in [-0.2, 0) is 0 Å². The van der Waals surface area contributed by atoms with Gasteiger partial charge in [0, 0.05) is 28.0 Å². The molecule has 0 spiro atoms. The van der Waals surface area contributed by atoms with Gasteiger partial charge in [-0.1, -0.05) is 11.6 Å². The quantitative estimate of drug-likeness (QED) is 0.854. The van der Waals surface area contributed by atoms with E-state index in [1.165, 1.54) is 37.4 Å². The number of hydrogen-bond donors (Lipinski definition) is 2. The highest BCUT2D eigenvalue weighted by Gasteiger charge is 2.10. The van der Waals surface area contributed by atoms with Crippen LogP contribution in [0.4, 0.5) is 15.8 Å². The fourth-order valence-electron chi connectivity index (χ4n) is 1.68. The molecular weight excluding hydrogens is 283 g/mol. The van der Waals surface area contributed by atoms with Gasteiger partial charge < -0.3 is 15.8 Å². The van der Waals surface area contributed by atoms with Crippen molar-refractivity contribution in [3.63, 3.8) is 0 Å². The predicted octanol–water partition coefficient (Wildman–Crippen LogP) is 3.32. The van der Waals surface area contributed by atoms with Gasteiger partial charge in [0.1, 0.15) is 0 Å². The number of nitrogens with one attached hydrogen (secondary N) is 1. The summed E-state index contributed by atoms with van der Waals surface area (Å²) < 4.78 is 18.1. The number of anilines is 2. The first-order chi connectivity index (χ1) is 9.49. The van der Waals surface area contributed by atoms with Gasteiger partial charge in [-0.2, -0.15) is 0 Å². The summed E-state index contributed by atoms with van der Waals surface area (Å²) in [7, 11) is 1.35. The molecule has 2 aromatic carbocycles. The average Bonchev–Trinajstić information content (AvgIpc) is 2.39. The summed E-state index contributed by atoms with van der Waals surface area (Å²) in [6, 6.07) is 8.57. The van der Waals surface area contributed by atoms with Gasteiger partial charge in [-0.05, 0) is 30.3 Å². The molecule has 4 nitrogen and oxygen atoms in total. The van der Waals surface area contributed by atoms with Crippen LogP contribution in [0, 0.1) is 5.82 Å². The Hall–Kier alpha value is -2.27. The number of benzene rings is 2. The minimum absolute atomic E-state index is 0.0495. The Morgan fingerprint density at radius 1 is 1.30 bits per heavy atom. The summed E-state index contributed by atoms with van der Waals surface area (Å²) in [5.74, 6) is -0.848. The number of halogens is 2. The van der Waals surface area contributed by atoms with Gasteiger partial charge >= 0.3 is 0 Å². The zero-order valence-corrected chi connectivity index (χ0v) is 11.4. The Labute approximate surface area is 120 Å². The van der Waals surface area contributed by atoms with E-state index in [9.17, 15) is 9.18 Å². The molecule has 0 aliphatic carbocycles. The minimum Gasteiger partial charge on any atom is -0.494 e. The monoisotopic (exact) mass is 294 g/mol. The molecule has 3 N–H and O–H groups in total. The molecule has 6 heteroatoms. The van der Waals surface area contributed by atoms with Gasteiger partial charge in [-0.3, -0.25) is 4.79 Å². The Bertz CT molecular complexity index is 641. The summed E-state index contributed by atoms with van der Waals surface area (Å²) in [5.41, 5.74) is 6.74. The smallest absolute Gasteiger partial charge is 0.255 e. The first-order valence-corrected chi connectivity index (χ1v) is 6.08. The summed E-state index contributed by atoms with van der Waals surface area (Å²) in [4.78, 5) is 12.0. The van der Waals surface area contributed by atoms with E-state index < -0.39 is 11.7 Å². The Morgan fingerprint density at radius 3 is 2.70 bits per heavy atom. The van der Waals surface area contributed by atoms with E-state index in [-0.39, 0.29) is 5.75 Å².